The van der Waals surface area contributed by atoms with Crippen LogP contribution >= 0.6 is 11.3 Å². The van der Waals surface area contributed by atoms with Crippen LogP contribution in [0.1, 0.15) is 11.1 Å². The molecule has 0 saturated heterocycles. The van der Waals surface area contributed by atoms with Gasteiger partial charge in [0.15, 0.2) is 0 Å². The molecule has 100 valence electrons. The summed E-state index contributed by atoms with van der Waals surface area (Å²) < 4.78 is 13.3. The Morgan fingerprint density at radius 2 is 2.16 bits per heavy atom. The quantitative estimate of drug-likeness (QED) is 0.502. The van der Waals surface area contributed by atoms with Crippen molar-refractivity contribution < 1.29 is 9.31 Å². The van der Waals surface area contributed by atoms with Gasteiger partial charge in [-0.15, -0.1) is 0 Å². The highest BCUT2D eigenvalue weighted by atomic mass is 32.1. The molecule has 0 aliphatic carbocycles. The zero-order chi connectivity index (χ0) is 13.7. The van der Waals surface area contributed by atoms with Crippen LogP contribution in [0, 0.1) is 15.9 Å². The lowest BCUT2D eigenvalue weighted by atomic mass is 10.1. The lowest BCUT2D eigenvalue weighted by molar-refractivity contribution is -0.380. The van der Waals surface area contributed by atoms with Crippen molar-refractivity contribution in [3.8, 4) is 0 Å². The van der Waals surface area contributed by atoms with Crippen molar-refractivity contribution >= 4 is 16.3 Å². The summed E-state index contributed by atoms with van der Waals surface area (Å²) in [6.07, 6.45) is 0.596. The molecule has 0 radical (unpaired) electrons. The van der Waals surface area contributed by atoms with E-state index < -0.39 is 4.92 Å². The summed E-state index contributed by atoms with van der Waals surface area (Å²) in [5.41, 5.74) is 1.55. The van der Waals surface area contributed by atoms with Crippen molar-refractivity contribution in [1.82, 2.24) is 5.32 Å². The molecule has 1 aromatic carbocycles. The van der Waals surface area contributed by atoms with Gasteiger partial charge in [0.25, 0.3) is 0 Å². The smallest absolute Gasteiger partial charge is 0.312 e. The number of hydrogen-bond acceptors (Lipinski definition) is 4. The second kappa shape index (κ2) is 6.40. The third-order valence-electron chi connectivity index (χ3n) is 2.68. The Kier molecular flexibility index (Phi) is 4.59. The van der Waals surface area contributed by atoms with Crippen LogP contribution < -0.4 is 5.32 Å². The first-order chi connectivity index (χ1) is 9.16. The van der Waals surface area contributed by atoms with Crippen molar-refractivity contribution in [3.05, 3.63) is 62.8 Å². The molecule has 0 saturated carbocycles. The molecule has 0 aliphatic heterocycles. The van der Waals surface area contributed by atoms with Gasteiger partial charge in [-0.1, -0.05) is 29.5 Å². The predicted octanol–water partition coefficient (Wildman–Crippen LogP) is 3.13. The van der Waals surface area contributed by atoms with Crippen molar-refractivity contribution in [2.45, 2.75) is 13.0 Å². The summed E-state index contributed by atoms with van der Waals surface area (Å²) in [5, 5.41) is 15.6. The van der Waals surface area contributed by atoms with E-state index in [4.69, 9.17) is 0 Å². The van der Waals surface area contributed by atoms with Crippen molar-refractivity contribution in [1.29, 1.82) is 0 Å². The lowest BCUT2D eigenvalue weighted by Gasteiger charge is -2.04. The van der Waals surface area contributed by atoms with E-state index in [2.05, 4.69) is 5.32 Å². The number of benzene rings is 1. The van der Waals surface area contributed by atoms with E-state index in [0.717, 1.165) is 16.9 Å². The molecule has 2 aromatic rings. The largest absolute Gasteiger partial charge is 0.324 e. The zero-order valence-electron chi connectivity index (χ0n) is 10.1. The fourth-order valence-corrected chi connectivity index (χ4v) is 2.44. The molecule has 4 nitrogen and oxygen atoms in total. The maximum absolute atomic E-state index is 13.3. The van der Waals surface area contributed by atoms with Crippen molar-refractivity contribution in [3.63, 3.8) is 0 Å². The number of halogens is 1. The highest BCUT2D eigenvalue weighted by Gasteiger charge is 2.09. The van der Waals surface area contributed by atoms with Gasteiger partial charge in [-0.2, -0.15) is 0 Å². The van der Waals surface area contributed by atoms with Crippen molar-refractivity contribution in [2.24, 2.45) is 0 Å². The average molecular weight is 280 g/mol. The molecule has 1 N–H and O–H groups in total. The molecular weight excluding hydrogens is 267 g/mol. The number of hydrogen-bond donors (Lipinski definition) is 1. The summed E-state index contributed by atoms with van der Waals surface area (Å²) in [6, 6.07) is 8.22. The predicted molar refractivity (Wildman–Crippen MR) is 72.8 cm³/mol. The van der Waals surface area contributed by atoms with E-state index >= 15 is 0 Å². The monoisotopic (exact) mass is 280 g/mol. The van der Waals surface area contributed by atoms with Gasteiger partial charge >= 0.3 is 5.00 Å². The first-order valence-electron chi connectivity index (χ1n) is 5.83. The standard InChI is InChI=1S/C13H13FN2O2S/c14-12-4-2-1-3-11(12)5-6-15-8-10-7-13(16(17)18)19-9-10/h1-4,7,9,15H,5-6,8H2. The van der Waals surface area contributed by atoms with E-state index in [1.807, 2.05) is 0 Å². The lowest BCUT2D eigenvalue weighted by Crippen LogP contribution is -2.16. The fourth-order valence-electron chi connectivity index (χ4n) is 1.71. The third kappa shape index (κ3) is 3.84. The summed E-state index contributed by atoms with van der Waals surface area (Å²) >= 11 is 1.12. The second-order valence-electron chi connectivity index (χ2n) is 4.07. The topological polar surface area (TPSA) is 55.2 Å². The van der Waals surface area contributed by atoms with Crippen LogP contribution in [-0.2, 0) is 13.0 Å². The normalized spacial score (nSPS) is 10.6. The Balaban J connectivity index is 1.77. The molecule has 2 rings (SSSR count). The molecule has 0 bridgehead atoms. The van der Waals surface area contributed by atoms with E-state index in [1.54, 1.807) is 29.6 Å². The molecule has 0 spiro atoms. The number of nitrogens with one attached hydrogen (secondary N) is 1. The molecule has 0 amide bonds. The van der Waals surface area contributed by atoms with Crippen LogP contribution in [0.5, 0.6) is 0 Å². The maximum Gasteiger partial charge on any atom is 0.324 e. The average Bonchev–Trinajstić information content (AvgIpc) is 2.85. The Morgan fingerprint density at radius 3 is 2.84 bits per heavy atom. The highest BCUT2D eigenvalue weighted by Crippen LogP contribution is 2.22. The summed E-state index contributed by atoms with van der Waals surface area (Å²) in [5.74, 6) is -0.199. The van der Waals surface area contributed by atoms with E-state index in [1.165, 1.54) is 6.07 Å². The molecule has 0 unspecified atom stereocenters. The molecule has 19 heavy (non-hydrogen) atoms. The summed E-state index contributed by atoms with van der Waals surface area (Å²) in [4.78, 5) is 10.1. The van der Waals surface area contributed by atoms with Gasteiger partial charge in [0.05, 0.1) is 4.92 Å². The van der Waals surface area contributed by atoms with Crippen LogP contribution in [0.2, 0.25) is 0 Å². The zero-order valence-corrected chi connectivity index (χ0v) is 11.0. The minimum Gasteiger partial charge on any atom is -0.312 e. The molecule has 6 heteroatoms. The Hall–Kier alpha value is -1.79. The second-order valence-corrected chi connectivity index (χ2v) is 4.96. The van der Waals surface area contributed by atoms with Crippen LogP contribution in [0.25, 0.3) is 0 Å². The minimum absolute atomic E-state index is 0.144. The molecule has 0 atom stereocenters. The summed E-state index contributed by atoms with van der Waals surface area (Å²) in [6.45, 7) is 1.18. The van der Waals surface area contributed by atoms with Gasteiger partial charge in [0, 0.05) is 18.0 Å². The molecular formula is C13H13FN2O2S. The first kappa shape index (κ1) is 13.6. The SMILES string of the molecule is O=[N+]([O-])c1cc(CNCCc2ccccc2F)cs1. The Bertz CT molecular complexity index is 571. The van der Waals surface area contributed by atoms with Gasteiger partial charge in [0.1, 0.15) is 5.82 Å². The number of nitro groups is 1. The summed E-state index contributed by atoms with van der Waals surface area (Å²) in [7, 11) is 0. The van der Waals surface area contributed by atoms with Crippen LogP contribution in [0.3, 0.4) is 0 Å². The van der Waals surface area contributed by atoms with Crippen LogP contribution in [-0.4, -0.2) is 11.5 Å². The van der Waals surface area contributed by atoms with Gasteiger partial charge in [-0.3, -0.25) is 10.1 Å². The number of rotatable bonds is 6. The number of nitrogens with zero attached hydrogens (tertiary/aromatic N) is 1. The first-order valence-corrected chi connectivity index (χ1v) is 6.70. The fraction of sp³-hybridized carbons (Fsp3) is 0.231. The van der Waals surface area contributed by atoms with E-state index in [0.29, 0.717) is 25.1 Å². The maximum atomic E-state index is 13.3. The van der Waals surface area contributed by atoms with Gasteiger partial charge < -0.3 is 5.32 Å². The van der Waals surface area contributed by atoms with Crippen molar-refractivity contribution in [2.75, 3.05) is 6.54 Å². The van der Waals surface area contributed by atoms with Gasteiger partial charge in [-0.25, -0.2) is 4.39 Å². The van der Waals surface area contributed by atoms with Gasteiger partial charge in [-0.05, 0) is 30.2 Å². The highest BCUT2D eigenvalue weighted by molar-refractivity contribution is 7.13. The van der Waals surface area contributed by atoms with E-state index in [9.17, 15) is 14.5 Å². The Morgan fingerprint density at radius 1 is 1.37 bits per heavy atom. The Labute approximate surface area is 114 Å². The molecule has 1 aromatic heterocycles. The minimum atomic E-state index is -0.395. The third-order valence-corrected chi connectivity index (χ3v) is 3.61. The molecule has 0 aliphatic rings. The molecule has 1 heterocycles. The van der Waals surface area contributed by atoms with Gasteiger partial charge in [0.2, 0.25) is 0 Å². The van der Waals surface area contributed by atoms with Crippen LogP contribution in [0.15, 0.2) is 35.7 Å². The molecule has 0 fully saturated rings. The van der Waals surface area contributed by atoms with Crippen LogP contribution in [0.4, 0.5) is 9.39 Å². The number of thiophene rings is 1. The van der Waals surface area contributed by atoms with E-state index in [-0.39, 0.29) is 10.8 Å².